The van der Waals surface area contributed by atoms with Gasteiger partial charge in [0.1, 0.15) is 12.4 Å². The van der Waals surface area contributed by atoms with Crippen LogP contribution >= 0.6 is 43.5 Å². The van der Waals surface area contributed by atoms with Crippen LogP contribution in [0.15, 0.2) is 51.4 Å². The molecule has 2 aromatic rings. The van der Waals surface area contributed by atoms with Gasteiger partial charge in [0.05, 0.1) is 4.47 Å². The van der Waals surface area contributed by atoms with Crippen LogP contribution in [-0.4, -0.2) is 0 Å². The maximum absolute atomic E-state index is 5.77. The molecule has 2 aromatic carbocycles. The first kappa shape index (κ1) is 13.9. The van der Waals surface area contributed by atoms with Crippen LogP contribution in [0.25, 0.3) is 0 Å². The first-order valence-corrected chi connectivity index (χ1v) is 7.53. The molecule has 0 spiro atoms. The minimum Gasteiger partial charge on any atom is -0.488 e. The molecule has 0 aliphatic rings. The molecule has 0 N–H and O–H groups in total. The third-order valence-corrected chi connectivity index (χ3v) is 3.86. The van der Waals surface area contributed by atoms with Gasteiger partial charge < -0.3 is 4.74 Å². The number of hydrogen-bond acceptors (Lipinski definition) is 1. The van der Waals surface area contributed by atoms with Crippen molar-refractivity contribution in [2.45, 2.75) is 12.5 Å². The van der Waals surface area contributed by atoms with E-state index >= 15 is 0 Å². The molecule has 0 bridgehead atoms. The minimum absolute atomic E-state index is 0.504. The Morgan fingerprint density at radius 3 is 2.50 bits per heavy atom. The van der Waals surface area contributed by atoms with Crippen LogP contribution in [0, 0.1) is 0 Å². The van der Waals surface area contributed by atoms with Crippen molar-refractivity contribution in [1.29, 1.82) is 0 Å². The summed E-state index contributed by atoms with van der Waals surface area (Å²) in [6.07, 6.45) is 0. The van der Waals surface area contributed by atoms with Gasteiger partial charge in [0, 0.05) is 10.4 Å². The summed E-state index contributed by atoms with van der Waals surface area (Å²) in [5.41, 5.74) is 2.19. The Kier molecular flexibility index (Phi) is 5.10. The third-order valence-electron chi connectivity index (χ3n) is 2.43. The highest BCUT2D eigenvalue weighted by Crippen LogP contribution is 2.27. The lowest BCUT2D eigenvalue weighted by molar-refractivity contribution is 0.304. The Morgan fingerprint density at radius 1 is 1.00 bits per heavy atom. The summed E-state index contributed by atoms with van der Waals surface area (Å²) in [7, 11) is 0. The van der Waals surface area contributed by atoms with Crippen LogP contribution in [0.2, 0.25) is 0 Å². The average molecular weight is 391 g/mol. The van der Waals surface area contributed by atoms with Crippen molar-refractivity contribution in [3.8, 4) is 5.75 Å². The molecule has 0 aliphatic carbocycles. The van der Waals surface area contributed by atoms with E-state index in [0.717, 1.165) is 25.8 Å². The van der Waals surface area contributed by atoms with Gasteiger partial charge in [-0.3, -0.25) is 0 Å². The Bertz CT molecular complexity index is 543. The van der Waals surface area contributed by atoms with Crippen molar-refractivity contribution in [2.75, 3.05) is 0 Å². The van der Waals surface area contributed by atoms with Gasteiger partial charge in [-0.05, 0) is 51.3 Å². The molecule has 0 saturated carbocycles. The second-order valence-corrected chi connectivity index (χ2v) is 5.85. The normalized spacial score (nSPS) is 10.4. The third kappa shape index (κ3) is 3.74. The summed E-state index contributed by atoms with van der Waals surface area (Å²) < 4.78 is 7.75. The van der Waals surface area contributed by atoms with Crippen LogP contribution in [0.3, 0.4) is 0 Å². The average Bonchev–Trinajstić information content (AvgIpc) is 2.37. The summed E-state index contributed by atoms with van der Waals surface area (Å²) >= 11 is 12.7. The second kappa shape index (κ2) is 6.60. The zero-order chi connectivity index (χ0) is 13.0. The van der Waals surface area contributed by atoms with E-state index in [-0.39, 0.29) is 0 Å². The van der Waals surface area contributed by atoms with Gasteiger partial charge in [-0.15, -0.1) is 11.6 Å². The molecule has 0 heterocycles. The first-order chi connectivity index (χ1) is 8.69. The zero-order valence-corrected chi connectivity index (χ0v) is 13.4. The molecule has 0 aliphatic heterocycles. The van der Waals surface area contributed by atoms with Crippen LogP contribution in [0.1, 0.15) is 11.1 Å². The molecule has 0 saturated heterocycles. The summed E-state index contributed by atoms with van der Waals surface area (Å²) in [6, 6.07) is 13.9. The fourth-order valence-electron chi connectivity index (χ4n) is 1.53. The van der Waals surface area contributed by atoms with Crippen molar-refractivity contribution in [1.82, 2.24) is 0 Å². The Hall–Kier alpha value is -0.510. The van der Waals surface area contributed by atoms with Crippen molar-refractivity contribution >= 4 is 43.5 Å². The van der Waals surface area contributed by atoms with E-state index in [4.69, 9.17) is 16.3 Å². The molecule has 0 amide bonds. The van der Waals surface area contributed by atoms with Crippen molar-refractivity contribution < 1.29 is 4.74 Å². The van der Waals surface area contributed by atoms with Gasteiger partial charge >= 0.3 is 0 Å². The predicted molar refractivity (Wildman–Crippen MR) is 82.2 cm³/mol. The fourth-order valence-corrected chi connectivity index (χ4v) is 2.69. The molecule has 0 aromatic heterocycles. The van der Waals surface area contributed by atoms with Crippen molar-refractivity contribution in [2.24, 2.45) is 0 Å². The van der Waals surface area contributed by atoms with Gasteiger partial charge in [0.2, 0.25) is 0 Å². The summed E-state index contributed by atoms with van der Waals surface area (Å²) in [4.78, 5) is 0. The zero-order valence-electron chi connectivity index (χ0n) is 9.50. The molecule has 0 atom stereocenters. The van der Waals surface area contributed by atoms with Gasteiger partial charge in [0.25, 0.3) is 0 Å². The highest BCUT2D eigenvalue weighted by molar-refractivity contribution is 9.10. The number of hydrogen-bond donors (Lipinski definition) is 0. The van der Waals surface area contributed by atoms with Crippen LogP contribution < -0.4 is 4.74 Å². The van der Waals surface area contributed by atoms with Crippen LogP contribution in [-0.2, 0) is 12.5 Å². The lowest BCUT2D eigenvalue weighted by Crippen LogP contribution is -1.96. The number of benzene rings is 2. The molecule has 0 unspecified atom stereocenters. The Morgan fingerprint density at radius 2 is 1.83 bits per heavy atom. The summed E-state index contributed by atoms with van der Waals surface area (Å²) in [5, 5.41) is 0. The van der Waals surface area contributed by atoms with E-state index in [9.17, 15) is 0 Å². The number of alkyl halides is 1. The Labute approximate surface area is 128 Å². The van der Waals surface area contributed by atoms with E-state index in [0.29, 0.717) is 12.5 Å². The predicted octanol–water partition coefficient (Wildman–Crippen LogP) is 5.53. The van der Waals surface area contributed by atoms with Crippen LogP contribution in [0.5, 0.6) is 5.75 Å². The fraction of sp³-hybridized carbons (Fsp3) is 0.143. The number of rotatable bonds is 4. The SMILES string of the molecule is ClCc1ccc(OCc2cccc(Br)c2)c(Br)c1. The Balaban J connectivity index is 2.06. The van der Waals surface area contributed by atoms with E-state index in [2.05, 4.69) is 31.9 Å². The molecule has 1 nitrogen and oxygen atoms in total. The molecule has 2 rings (SSSR count). The lowest BCUT2D eigenvalue weighted by atomic mass is 10.2. The van der Waals surface area contributed by atoms with Crippen LogP contribution in [0.4, 0.5) is 0 Å². The van der Waals surface area contributed by atoms with Gasteiger partial charge in [-0.25, -0.2) is 0 Å². The van der Waals surface area contributed by atoms with E-state index in [1.54, 1.807) is 0 Å². The number of ether oxygens (including phenoxy) is 1. The highest BCUT2D eigenvalue weighted by atomic mass is 79.9. The largest absolute Gasteiger partial charge is 0.488 e. The maximum atomic E-state index is 5.77. The summed E-state index contributed by atoms with van der Waals surface area (Å²) in [6.45, 7) is 0.540. The van der Waals surface area contributed by atoms with E-state index in [1.165, 1.54) is 0 Å². The monoisotopic (exact) mass is 388 g/mol. The maximum Gasteiger partial charge on any atom is 0.134 e. The number of halogens is 3. The van der Waals surface area contributed by atoms with E-state index in [1.807, 2.05) is 42.5 Å². The minimum atomic E-state index is 0.504. The summed E-state index contributed by atoms with van der Waals surface area (Å²) in [5.74, 6) is 1.33. The molecule has 18 heavy (non-hydrogen) atoms. The second-order valence-electron chi connectivity index (χ2n) is 3.82. The lowest BCUT2D eigenvalue weighted by Gasteiger charge is -2.09. The molecule has 94 valence electrons. The van der Waals surface area contributed by atoms with Crippen molar-refractivity contribution in [3.63, 3.8) is 0 Å². The van der Waals surface area contributed by atoms with Gasteiger partial charge in [0.15, 0.2) is 0 Å². The molecule has 0 radical (unpaired) electrons. The smallest absolute Gasteiger partial charge is 0.134 e. The molecular formula is C14H11Br2ClO. The van der Waals surface area contributed by atoms with Gasteiger partial charge in [-0.1, -0.05) is 34.1 Å². The quantitative estimate of drug-likeness (QED) is 0.624. The molecule has 0 fully saturated rings. The first-order valence-electron chi connectivity index (χ1n) is 5.40. The topological polar surface area (TPSA) is 9.23 Å². The van der Waals surface area contributed by atoms with Crippen molar-refractivity contribution in [3.05, 3.63) is 62.5 Å². The molecule has 4 heteroatoms. The van der Waals surface area contributed by atoms with Gasteiger partial charge in [-0.2, -0.15) is 0 Å². The highest BCUT2D eigenvalue weighted by Gasteiger charge is 2.03. The molecular weight excluding hydrogens is 379 g/mol. The van der Waals surface area contributed by atoms with E-state index < -0.39 is 0 Å². The standard InChI is InChI=1S/C14H11Br2ClO/c15-12-3-1-2-11(6-12)9-18-14-5-4-10(8-17)7-13(14)16/h1-7H,8-9H2.